The Balaban J connectivity index is 1.64. The fraction of sp³-hybridized carbons (Fsp3) is 0.500. The third-order valence-electron chi connectivity index (χ3n) is 5.27. The van der Waals surface area contributed by atoms with Crippen molar-refractivity contribution < 1.29 is 9.53 Å². The quantitative estimate of drug-likeness (QED) is 0.933. The van der Waals surface area contributed by atoms with Crippen LogP contribution in [0.4, 0.5) is 5.82 Å². The van der Waals surface area contributed by atoms with E-state index in [-0.39, 0.29) is 5.91 Å². The summed E-state index contributed by atoms with van der Waals surface area (Å²) in [4.78, 5) is 19.7. The summed E-state index contributed by atoms with van der Waals surface area (Å²) in [5.74, 6) is 0.956. The van der Waals surface area contributed by atoms with Crippen molar-refractivity contribution in [2.24, 2.45) is 0 Å². The fourth-order valence-corrected chi connectivity index (χ4v) is 3.90. The summed E-state index contributed by atoms with van der Waals surface area (Å²) in [6, 6.07) is 8.39. The van der Waals surface area contributed by atoms with Crippen LogP contribution in [0, 0.1) is 0 Å². The van der Waals surface area contributed by atoms with Crippen LogP contribution >= 0.6 is 0 Å². The summed E-state index contributed by atoms with van der Waals surface area (Å²) in [7, 11) is 0. The van der Waals surface area contributed by atoms with E-state index in [0.717, 1.165) is 55.7 Å². The molecule has 0 radical (unpaired) electrons. The van der Waals surface area contributed by atoms with E-state index in [1.807, 2.05) is 18.2 Å². The Labute approximate surface area is 148 Å². The summed E-state index contributed by atoms with van der Waals surface area (Å²) in [5.41, 5.74) is 0.679. The van der Waals surface area contributed by atoms with E-state index in [9.17, 15) is 4.79 Å². The number of nitrogens with one attached hydrogen (secondary N) is 1. The standard InChI is InChI=1S/C20H25N3O2/c24-20(22-15-6-2-1-3-7-15)18-14-21-19(23-10-12-25-13-11-23)17-9-5-4-8-16(17)18/h4-5,8-9,14-15H,1-3,6-7,10-13H2,(H,22,24). The molecule has 1 aromatic heterocycles. The second kappa shape index (κ2) is 7.40. The van der Waals surface area contributed by atoms with Crippen molar-refractivity contribution >= 4 is 22.5 Å². The number of hydrogen-bond acceptors (Lipinski definition) is 4. The lowest BCUT2D eigenvalue weighted by molar-refractivity contribution is 0.0929. The number of pyridine rings is 1. The molecule has 0 bridgehead atoms. The lowest BCUT2D eigenvalue weighted by Crippen LogP contribution is -2.37. The molecule has 1 aliphatic heterocycles. The molecule has 4 rings (SSSR count). The van der Waals surface area contributed by atoms with Gasteiger partial charge in [-0.1, -0.05) is 43.5 Å². The highest BCUT2D eigenvalue weighted by Crippen LogP contribution is 2.28. The molecule has 1 amide bonds. The minimum absolute atomic E-state index is 0.00382. The van der Waals surface area contributed by atoms with Crippen molar-refractivity contribution in [2.45, 2.75) is 38.1 Å². The maximum absolute atomic E-state index is 12.8. The van der Waals surface area contributed by atoms with Crippen LogP contribution in [0.15, 0.2) is 30.5 Å². The molecule has 1 N–H and O–H groups in total. The summed E-state index contributed by atoms with van der Waals surface area (Å²) < 4.78 is 5.45. The maximum Gasteiger partial charge on any atom is 0.253 e. The second-order valence-corrected chi connectivity index (χ2v) is 6.95. The number of carbonyl (C=O) groups excluding carboxylic acids is 1. The van der Waals surface area contributed by atoms with Gasteiger partial charge in [0.2, 0.25) is 0 Å². The van der Waals surface area contributed by atoms with Crippen LogP contribution in [0.1, 0.15) is 42.5 Å². The highest BCUT2D eigenvalue weighted by Gasteiger charge is 2.21. The first-order valence-corrected chi connectivity index (χ1v) is 9.34. The van der Waals surface area contributed by atoms with Gasteiger partial charge in [0.05, 0.1) is 18.8 Å². The fourth-order valence-electron chi connectivity index (χ4n) is 3.90. The number of rotatable bonds is 3. The average molecular weight is 339 g/mol. The van der Waals surface area contributed by atoms with Crippen LogP contribution in [0.5, 0.6) is 0 Å². The van der Waals surface area contributed by atoms with Crippen molar-refractivity contribution in [3.63, 3.8) is 0 Å². The van der Waals surface area contributed by atoms with Crippen molar-refractivity contribution in [1.82, 2.24) is 10.3 Å². The SMILES string of the molecule is O=C(NC1CCCCC1)c1cnc(N2CCOCC2)c2ccccc12. The number of hydrogen-bond donors (Lipinski definition) is 1. The van der Waals surface area contributed by atoms with Crippen LogP contribution in [0.25, 0.3) is 10.8 Å². The summed E-state index contributed by atoms with van der Waals surface area (Å²) in [6.07, 6.45) is 7.61. The van der Waals surface area contributed by atoms with Crippen molar-refractivity contribution in [3.05, 3.63) is 36.0 Å². The third-order valence-corrected chi connectivity index (χ3v) is 5.27. The first-order chi connectivity index (χ1) is 12.3. The molecule has 2 aliphatic rings. The summed E-state index contributed by atoms with van der Waals surface area (Å²) in [6.45, 7) is 3.12. The zero-order valence-corrected chi connectivity index (χ0v) is 14.5. The minimum atomic E-state index is 0.00382. The van der Waals surface area contributed by atoms with Crippen LogP contribution < -0.4 is 10.2 Å². The number of amides is 1. The minimum Gasteiger partial charge on any atom is -0.378 e. The number of carbonyl (C=O) groups is 1. The lowest BCUT2D eigenvalue weighted by Gasteiger charge is -2.29. The molecule has 5 nitrogen and oxygen atoms in total. The van der Waals surface area contributed by atoms with Gasteiger partial charge in [-0.15, -0.1) is 0 Å². The number of aromatic nitrogens is 1. The zero-order chi connectivity index (χ0) is 17.1. The Morgan fingerprint density at radius 3 is 2.56 bits per heavy atom. The number of morpholine rings is 1. The van der Waals surface area contributed by atoms with Crippen LogP contribution in [0.3, 0.4) is 0 Å². The molecule has 2 aromatic rings. The Morgan fingerprint density at radius 1 is 1.08 bits per heavy atom. The van der Waals surface area contributed by atoms with E-state index in [1.165, 1.54) is 19.3 Å². The van der Waals surface area contributed by atoms with Crippen LogP contribution in [-0.4, -0.2) is 43.2 Å². The number of nitrogens with zero attached hydrogens (tertiary/aromatic N) is 2. The Kier molecular flexibility index (Phi) is 4.83. The van der Waals surface area contributed by atoms with Crippen molar-refractivity contribution in [2.75, 3.05) is 31.2 Å². The average Bonchev–Trinajstić information content (AvgIpc) is 2.68. The van der Waals surface area contributed by atoms with Gasteiger partial charge in [0, 0.05) is 30.7 Å². The highest BCUT2D eigenvalue weighted by atomic mass is 16.5. The predicted molar refractivity (Wildman–Crippen MR) is 99.1 cm³/mol. The topological polar surface area (TPSA) is 54.5 Å². The highest BCUT2D eigenvalue weighted by molar-refractivity contribution is 6.09. The largest absolute Gasteiger partial charge is 0.378 e. The molecule has 1 aromatic carbocycles. The monoisotopic (exact) mass is 339 g/mol. The number of benzene rings is 1. The van der Waals surface area contributed by atoms with E-state index in [4.69, 9.17) is 4.74 Å². The molecule has 25 heavy (non-hydrogen) atoms. The predicted octanol–water partition coefficient (Wildman–Crippen LogP) is 3.13. The molecule has 132 valence electrons. The van der Waals surface area contributed by atoms with Gasteiger partial charge in [0.25, 0.3) is 5.91 Å². The van der Waals surface area contributed by atoms with Gasteiger partial charge in [-0.25, -0.2) is 4.98 Å². The molecule has 2 fully saturated rings. The molecule has 2 heterocycles. The molecule has 1 saturated carbocycles. The Hall–Kier alpha value is -2.14. The maximum atomic E-state index is 12.8. The van der Waals surface area contributed by atoms with Gasteiger partial charge in [-0.2, -0.15) is 0 Å². The third kappa shape index (κ3) is 3.47. The van der Waals surface area contributed by atoms with E-state index < -0.39 is 0 Å². The number of ether oxygens (including phenoxy) is 1. The van der Waals surface area contributed by atoms with Gasteiger partial charge >= 0.3 is 0 Å². The normalized spacial score (nSPS) is 19.1. The van der Waals surface area contributed by atoms with Gasteiger partial charge in [-0.3, -0.25) is 4.79 Å². The summed E-state index contributed by atoms with van der Waals surface area (Å²) in [5, 5.41) is 5.24. The Morgan fingerprint density at radius 2 is 1.80 bits per heavy atom. The first-order valence-electron chi connectivity index (χ1n) is 9.34. The summed E-state index contributed by atoms with van der Waals surface area (Å²) >= 11 is 0. The smallest absolute Gasteiger partial charge is 0.253 e. The second-order valence-electron chi connectivity index (χ2n) is 6.95. The van der Waals surface area contributed by atoms with E-state index in [2.05, 4.69) is 21.3 Å². The van der Waals surface area contributed by atoms with Gasteiger partial charge in [-0.05, 0) is 18.2 Å². The van der Waals surface area contributed by atoms with Crippen molar-refractivity contribution in [3.8, 4) is 0 Å². The van der Waals surface area contributed by atoms with Crippen LogP contribution in [0.2, 0.25) is 0 Å². The Bertz CT molecular complexity index is 750. The van der Waals surface area contributed by atoms with Crippen LogP contribution in [-0.2, 0) is 4.74 Å². The van der Waals surface area contributed by atoms with E-state index in [0.29, 0.717) is 11.6 Å². The van der Waals surface area contributed by atoms with E-state index in [1.54, 1.807) is 6.20 Å². The molecular weight excluding hydrogens is 314 g/mol. The zero-order valence-electron chi connectivity index (χ0n) is 14.5. The lowest BCUT2D eigenvalue weighted by atomic mass is 9.95. The van der Waals surface area contributed by atoms with Crippen molar-refractivity contribution in [1.29, 1.82) is 0 Å². The number of fused-ring (bicyclic) bond motifs is 1. The molecule has 0 atom stereocenters. The molecule has 1 aliphatic carbocycles. The first kappa shape index (κ1) is 16.3. The molecule has 5 heteroatoms. The molecule has 0 unspecified atom stereocenters. The van der Waals surface area contributed by atoms with E-state index >= 15 is 0 Å². The molecule has 1 saturated heterocycles. The molecule has 0 spiro atoms. The van der Waals surface area contributed by atoms with Gasteiger partial charge < -0.3 is 15.0 Å². The molecular formula is C20H25N3O2. The number of anilines is 1. The van der Waals surface area contributed by atoms with Gasteiger partial charge in [0.1, 0.15) is 5.82 Å². The van der Waals surface area contributed by atoms with Gasteiger partial charge in [0.15, 0.2) is 0 Å².